The minimum atomic E-state index is -0.729. The average molecular weight is 454 g/mol. The summed E-state index contributed by atoms with van der Waals surface area (Å²) in [6.07, 6.45) is 16.4. The number of aromatic nitrogens is 1. The number of hydrogen-bond acceptors (Lipinski definition) is 5. The second kappa shape index (κ2) is 10.2. The van der Waals surface area contributed by atoms with Gasteiger partial charge in [-0.3, -0.25) is 19.5 Å². The second-order valence-corrected chi connectivity index (χ2v) is 10.6. The average Bonchev–Trinajstić information content (AvgIpc) is 3.02. The van der Waals surface area contributed by atoms with Gasteiger partial charge in [0.1, 0.15) is 5.54 Å². The Morgan fingerprint density at radius 1 is 1.15 bits per heavy atom. The van der Waals surface area contributed by atoms with E-state index >= 15 is 0 Å². The van der Waals surface area contributed by atoms with Crippen molar-refractivity contribution in [3.8, 4) is 0 Å². The Bertz CT molecular complexity index is 894. The van der Waals surface area contributed by atoms with Crippen LogP contribution in [0.25, 0.3) is 0 Å². The normalized spacial score (nSPS) is 28.6. The highest BCUT2D eigenvalue weighted by atomic mass is 16.2. The van der Waals surface area contributed by atoms with E-state index in [4.69, 9.17) is 10.7 Å². The van der Waals surface area contributed by atoms with Gasteiger partial charge in [0.05, 0.1) is 5.56 Å². The number of aryl methyl sites for hydroxylation is 1. The van der Waals surface area contributed by atoms with Crippen LogP contribution in [-0.4, -0.2) is 46.3 Å². The summed E-state index contributed by atoms with van der Waals surface area (Å²) in [5.41, 5.74) is 6.97. The van der Waals surface area contributed by atoms with E-state index in [1.807, 2.05) is 13.0 Å². The Hall–Kier alpha value is -2.44. The smallest absolute Gasteiger partial charge is 0.257 e. The zero-order chi connectivity index (χ0) is 23.4. The minimum Gasteiger partial charge on any atom is -0.369 e. The zero-order valence-electron chi connectivity index (χ0n) is 20.2. The zero-order valence-corrected chi connectivity index (χ0v) is 20.2. The molecule has 2 heterocycles. The summed E-state index contributed by atoms with van der Waals surface area (Å²) >= 11 is 0. The highest BCUT2D eigenvalue weighted by molar-refractivity contribution is 6.06. The van der Waals surface area contributed by atoms with E-state index in [0.717, 1.165) is 50.5 Å². The largest absolute Gasteiger partial charge is 0.369 e. The molecule has 3 aliphatic rings. The van der Waals surface area contributed by atoms with Crippen LogP contribution < -0.4 is 11.1 Å². The molecule has 0 saturated heterocycles. The lowest BCUT2D eigenvalue weighted by Crippen LogP contribution is -2.45. The molecule has 2 saturated carbocycles. The molecule has 0 bridgehead atoms. The summed E-state index contributed by atoms with van der Waals surface area (Å²) in [6.45, 7) is 1.94. The van der Waals surface area contributed by atoms with Crippen molar-refractivity contribution in [2.75, 3.05) is 7.05 Å². The minimum absolute atomic E-state index is 0.0489. The molecule has 33 heavy (non-hydrogen) atoms. The van der Waals surface area contributed by atoms with Crippen molar-refractivity contribution >= 4 is 17.8 Å². The topological polar surface area (TPSA) is 101 Å². The van der Waals surface area contributed by atoms with Crippen LogP contribution in [0.5, 0.6) is 0 Å². The molecular weight excluding hydrogens is 414 g/mol. The van der Waals surface area contributed by atoms with Gasteiger partial charge in [-0.15, -0.1) is 0 Å². The number of nitrogens with zero attached hydrogens (tertiary/aromatic N) is 3. The van der Waals surface area contributed by atoms with Crippen LogP contribution in [0, 0.1) is 18.8 Å². The van der Waals surface area contributed by atoms with E-state index in [0.29, 0.717) is 23.4 Å². The first-order valence-corrected chi connectivity index (χ1v) is 12.7. The Balaban J connectivity index is 1.41. The standard InChI is InChI=1S/C26H39N5O2/c1-18-13-21(17-28-16-18)23(32)29-22-10-6-9-20(14-22)15-26(24(33)31(2)25(27)30-26)12-11-19-7-4-3-5-8-19/h13,16-17,19-20,22H,3-12,14-15H2,1-2H3,(H2,27,30)(H,29,32)/t20-,22+,26+/m0/s1. The Morgan fingerprint density at radius 3 is 2.61 bits per heavy atom. The highest BCUT2D eigenvalue weighted by Crippen LogP contribution is 2.40. The molecule has 0 radical (unpaired) electrons. The quantitative estimate of drug-likeness (QED) is 0.653. The van der Waals surface area contributed by atoms with Gasteiger partial charge < -0.3 is 11.1 Å². The first-order chi connectivity index (χ1) is 15.9. The highest BCUT2D eigenvalue weighted by Gasteiger charge is 2.48. The molecule has 7 heteroatoms. The molecule has 1 aromatic heterocycles. The van der Waals surface area contributed by atoms with Crippen LogP contribution in [-0.2, 0) is 4.79 Å². The molecule has 3 atom stereocenters. The van der Waals surface area contributed by atoms with Crippen LogP contribution in [0.3, 0.4) is 0 Å². The maximum absolute atomic E-state index is 13.3. The monoisotopic (exact) mass is 453 g/mol. The molecule has 3 N–H and O–H groups in total. The SMILES string of the molecule is Cc1cncc(C(=O)N[C@@H]2CCC[C@H](C[C@@]3(CCC4CCCCC4)N=C(N)N(C)C3=O)C2)c1. The first kappa shape index (κ1) is 23.7. The maximum Gasteiger partial charge on any atom is 0.257 e. The Labute approximate surface area is 197 Å². The number of pyridine rings is 1. The number of carbonyl (C=O) groups is 2. The Morgan fingerprint density at radius 2 is 1.91 bits per heavy atom. The predicted octanol–water partition coefficient (Wildman–Crippen LogP) is 3.95. The van der Waals surface area contributed by atoms with E-state index in [2.05, 4.69) is 10.3 Å². The van der Waals surface area contributed by atoms with Crippen LogP contribution in [0.4, 0.5) is 0 Å². The van der Waals surface area contributed by atoms with Crippen LogP contribution in [0.1, 0.15) is 93.0 Å². The number of rotatable bonds is 7. The molecule has 2 fully saturated rings. The van der Waals surface area contributed by atoms with Crippen LogP contribution in [0.2, 0.25) is 0 Å². The number of hydrogen-bond donors (Lipinski definition) is 2. The molecule has 0 aromatic carbocycles. The number of aliphatic imine (C=N–C) groups is 1. The number of guanidine groups is 1. The molecular formula is C26H39N5O2. The van der Waals surface area contributed by atoms with Gasteiger partial charge in [0.25, 0.3) is 11.8 Å². The van der Waals surface area contributed by atoms with Crippen molar-refractivity contribution in [3.63, 3.8) is 0 Å². The fraction of sp³-hybridized carbons (Fsp3) is 0.692. The van der Waals surface area contributed by atoms with Gasteiger partial charge >= 0.3 is 0 Å². The molecule has 180 valence electrons. The summed E-state index contributed by atoms with van der Waals surface area (Å²) in [4.78, 5) is 36.5. The summed E-state index contributed by atoms with van der Waals surface area (Å²) in [5.74, 6) is 1.37. The van der Waals surface area contributed by atoms with Crippen LogP contribution >= 0.6 is 0 Å². The fourth-order valence-electron chi connectivity index (χ4n) is 6.11. The van der Waals surface area contributed by atoms with E-state index in [9.17, 15) is 9.59 Å². The number of nitrogens with one attached hydrogen (secondary N) is 1. The third-order valence-corrected chi connectivity index (χ3v) is 7.95. The first-order valence-electron chi connectivity index (χ1n) is 12.7. The van der Waals surface area contributed by atoms with Gasteiger partial charge in [-0.1, -0.05) is 44.9 Å². The van der Waals surface area contributed by atoms with E-state index < -0.39 is 5.54 Å². The fourth-order valence-corrected chi connectivity index (χ4v) is 6.11. The number of nitrogens with two attached hydrogens (primary N) is 1. The number of carbonyl (C=O) groups excluding carboxylic acids is 2. The van der Waals surface area contributed by atoms with Gasteiger partial charge in [0.2, 0.25) is 0 Å². The summed E-state index contributed by atoms with van der Waals surface area (Å²) in [5, 5.41) is 3.21. The van der Waals surface area contributed by atoms with E-state index in [1.165, 1.54) is 37.0 Å². The van der Waals surface area contributed by atoms with Gasteiger partial charge in [0, 0.05) is 25.5 Å². The number of likely N-dealkylation sites (N-methyl/N-ethyl adjacent to an activating group) is 1. The molecule has 0 spiro atoms. The molecule has 2 aliphatic carbocycles. The van der Waals surface area contributed by atoms with Crippen LogP contribution in [0.15, 0.2) is 23.5 Å². The third kappa shape index (κ3) is 5.56. The van der Waals surface area contributed by atoms with Crippen molar-refractivity contribution in [2.24, 2.45) is 22.6 Å². The lowest BCUT2D eigenvalue weighted by atomic mass is 9.74. The van der Waals surface area contributed by atoms with E-state index in [-0.39, 0.29) is 17.9 Å². The predicted molar refractivity (Wildman–Crippen MR) is 130 cm³/mol. The molecule has 4 rings (SSSR count). The van der Waals surface area contributed by atoms with Gasteiger partial charge in [-0.05, 0) is 62.5 Å². The van der Waals surface area contributed by atoms with Crippen molar-refractivity contribution in [1.82, 2.24) is 15.2 Å². The lowest BCUT2D eigenvalue weighted by molar-refractivity contribution is -0.131. The third-order valence-electron chi connectivity index (χ3n) is 7.95. The second-order valence-electron chi connectivity index (χ2n) is 10.6. The van der Waals surface area contributed by atoms with Crippen molar-refractivity contribution in [2.45, 2.75) is 95.6 Å². The van der Waals surface area contributed by atoms with E-state index in [1.54, 1.807) is 19.4 Å². The van der Waals surface area contributed by atoms with Gasteiger partial charge in [-0.2, -0.15) is 0 Å². The van der Waals surface area contributed by atoms with Gasteiger partial charge in [-0.25, -0.2) is 4.99 Å². The molecule has 0 unspecified atom stereocenters. The summed E-state index contributed by atoms with van der Waals surface area (Å²) < 4.78 is 0. The number of amides is 2. The van der Waals surface area contributed by atoms with Gasteiger partial charge in [0.15, 0.2) is 5.96 Å². The maximum atomic E-state index is 13.3. The molecule has 1 aromatic rings. The lowest BCUT2D eigenvalue weighted by Gasteiger charge is -2.35. The molecule has 1 aliphatic heterocycles. The van der Waals surface area contributed by atoms with Crippen molar-refractivity contribution in [1.29, 1.82) is 0 Å². The van der Waals surface area contributed by atoms with Crippen molar-refractivity contribution in [3.05, 3.63) is 29.6 Å². The summed E-state index contributed by atoms with van der Waals surface area (Å²) in [7, 11) is 1.74. The molecule has 2 amide bonds. The summed E-state index contributed by atoms with van der Waals surface area (Å²) in [6, 6.07) is 1.98. The van der Waals surface area contributed by atoms with Crippen molar-refractivity contribution < 1.29 is 9.59 Å². The Kier molecular flexibility index (Phi) is 7.35. The molecule has 7 nitrogen and oxygen atoms in total.